The topological polar surface area (TPSA) is 38.7 Å². The van der Waals surface area contributed by atoms with E-state index < -0.39 is 0 Å². The summed E-state index contributed by atoms with van der Waals surface area (Å²) < 4.78 is 11.2. The Morgan fingerprint density at radius 3 is 2.87 bits per heavy atom. The molecular weight excluding hydrogens is 192 g/mol. The smallest absolute Gasteiger partial charge is 0.164 e. The molecule has 1 aromatic carbocycles. The molecule has 15 heavy (non-hydrogen) atoms. The molecule has 1 aliphatic heterocycles. The van der Waals surface area contributed by atoms with Gasteiger partial charge in [-0.05, 0) is 30.5 Å². The lowest BCUT2D eigenvalue weighted by Crippen LogP contribution is -1.98. The maximum absolute atomic E-state index is 8.90. The van der Waals surface area contributed by atoms with Crippen molar-refractivity contribution in [1.29, 1.82) is 0 Å². The Labute approximate surface area is 89.6 Å². The van der Waals surface area contributed by atoms with Gasteiger partial charge in [-0.15, -0.1) is 0 Å². The standard InChI is InChI=1S/C12H16O3/c1-9-7-10(3-4-13)8-11-12(9)15-6-2-5-14-11/h7-8,13H,2-6H2,1H3. The van der Waals surface area contributed by atoms with E-state index in [-0.39, 0.29) is 6.61 Å². The van der Waals surface area contributed by atoms with E-state index >= 15 is 0 Å². The Bertz CT molecular complexity index is 347. The zero-order chi connectivity index (χ0) is 10.7. The third-order valence-corrected chi connectivity index (χ3v) is 2.49. The Kier molecular flexibility index (Phi) is 3.11. The van der Waals surface area contributed by atoms with Crippen LogP contribution in [0.15, 0.2) is 12.1 Å². The maximum atomic E-state index is 8.90. The number of rotatable bonds is 2. The van der Waals surface area contributed by atoms with E-state index in [2.05, 4.69) is 0 Å². The van der Waals surface area contributed by atoms with Crippen LogP contribution in [-0.4, -0.2) is 24.9 Å². The largest absolute Gasteiger partial charge is 0.490 e. The van der Waals surface area contributed by atoms with Crippen molar-refractivity contribution in [3.05, 3.63) is 23.3 Å². The highest BCUT2D eigenvalue weighted by molar-refractivity contribution is 5.49. The third-order valence-electron chi connectivity index (χ3n) is 2.49. The summed E-state index contributed by atoms with van der Waals surface area (Å²) in [6.45, 7) is 3.59. The van der Waals surface area contributed by atoms with Crippen LogP contribution in [0, 0.1) is 6.92 Å². The summed E-state index contributed by atoms with van der Waals surface area (Å²) in [5.41, 5.74) is 2.18. The van der Waals surface area contributed by atoms with Gasteiger partial charge in [0.05, 0.1) is 13.2 Å². The van der Waals surface area contributed by atoms with Crippen LogP contribution in [0.3, 0.4) is 0 Å². The van der Waals surface area contributed by atoms with Gasteiger partial charge in [-0.3, -0.25) is 0 Å². The molecule has 1 heterocycles. The Hall–Kier alpha value is -1.22. The summed E-state index contributed by atoms with van der Waals surface area (Å²) in [6.07, 6.45) is 1.58. The number of benzene rings is 1. The zero-order valence-electron chi connectivity index (χ0n) is 8.95. The van der Waals surface area contributed by atoms with Crippen LogP contribution in [0.2, 0.25) is 0 Å². The van der Waals surface area contributed by atoms with Gasteiger partial charge < -0.3 is 14.6 Å². The van der Waals surface area contributed by atoms with Crippen LogP contribution in [-0.2, 0) is 6.42 Å². The highest BCUT2D eigenvalue weighted by Gasteiger charge is 2.13. The number of aliphatic hydroxyl groups excluding tert-OH is 1. The molecule has 0 spiro atoms. The lowest BCUT2D eigenvalue weighted by atomic mass is 10.1. The monoisotopic (exact) mass is 208 g/mol. The highest BCUT2D eigenvalue weighted by atomic mass is 16.5. The van der Waals surface area contributed by atoms with Crippen molar-refractivity contribution in [2.75, 3.05) is 19.8 Å². The van der Waals surface area contributed by atoms with E-state index in [0.29, 0.717) is 19.6 Å². The quantitative estimate of drug-likeness (QED) is 0.803. The summed E-state index contributed by atoms with van der Waals surface area (Å²) in [4.78, 5) is 0. The summed E-state index contributed by atoms with van der Waals surface area (Å²) in [7, 11) is 0. The van der Waals surface area contributed by atoms with Gasteiger partial charge in [0.2, 0.25) is 0 Å². The predicted molar refractivity (Wildman–Crippen MR) is 57.6 cm³/mol. The molecule has 0 unspecified atom stereocenters. The molecule has 0 aromatic heterocycles. The minimum absolute atomic E-state index is 0.166. The van der Waals surface area contributed by atoms with Gasteiger partial charge in [0.25, 0.3) is 0 Å². The minimum Gasteiger partial charge on any atom is -0.490 e. The van der Waals surface area contributed by atoms with E-state index in [9.17, 15) is 0 Å². The fourth-order valence-corrected chi connectivity index (χ4v) is 1.79. The van der Waals surface area contributed by atoms with Crippen molar-refractivity contribution >= 4 is 0 Å². The lowest BCUT2D eigenvalue weighted by Gasteiger charge is -2.12. The number of aryl methyl sites for hydroxylation is 1. The number of fused-ring (bicyclic) bond motifs is 1. The molecule has 0 amide bonds. The van der Waals surface area contributed by atoms with Gasteiger partial charge in [0.15, 0.2) is 11.5 Å². The fourth-order valence-electron chi connectivity index (χ4n) is 1.79. The summed E-state index contributed by atoms with van der Waals surface area (Å²) in [6, 6.07) is 4.01. The molecule has 0 saturated carbocycles. The zero-order valence-corrected chi connectivity index (χ0v) is 8.95. The average Bonchev–Trinajstić information content (AvgIpc) is 2.43. The molecule has 0 saturated heterocycles. The summed E-state index contributed by atoms with van der Waals surface area (Å²) in [5, 5.41) is 8.90. The van der Waals surface area contributed by atoms with Gasteiger partial charge in [0, 0.05) is 13.0 Å². The Morgan fingerprint density at radius 1 is 1.27 bits per heavy atom. The van der Waals surface area contributed by atoms with Crippen LogP contribution in [0.1, 0.15) is 17.5 Å². The third kappa shape index (κ3) is 2.23. The second-order valence-electron chi connectivity index (χ2n) is 3.76. The van der Waals surface area contributed by atoms with E-state index in [1.54, 1.807) is 0 Å². The van der Waals surface area contributed by atoms with Crippen molar-refractivity contribution in [3.63, 3.8) is 0 Å². The molecule has 2 rings (SSSR count). The number of aliphatic hydroxyl groups is 1. The van der Waals surface area contributed by atoms with Crippen LogP contribution in [0.25, 0.3) is 0 Å². The van der Waals surface area contributed by atoms with E-state index in [1.807, 2.05) is 19.1 Å². The highest BCUT2D eigenvalue weighted by Crippen LogP contribution is 2.34. The molecule has 0 aliphatic carbocycles. The van der Waals surface area contributed by atoms with Crippen molar-refractivity contribution in [2.45, 2.75) is 19.8 Å². The molecule has 0 bridgehead atoms. The molecule has 0 atom stereocenters. The first kappa shape index (κ1) is 10.3. The number of hydrogen-bond acceptors (Lipinski definition) is 3. The van der Waals surface area contributed by atoms with Gasteiger partial charge in [-0.2, -0.15) is 0 Å². The van der Waals surface area contributed by atoms with E-state index in [4.69, 9.17) is 14.6 Å². The van der Waals surface area contributed by atoms with Crippen molar-refractivity contribution in [3.8, 4) is 11.5 Å². The van der Waals surface area contributed by atoms with Crippen molar-refractivity contribution in [1.82, 2.24) is 0 Å². The van der Waals surface area contributed by atoms with Gasteiger partial charge >= 0.3 is 0 Å². The van der Waals surface area contributed by atoms with Crippen molar-refractivity contribution in [2.24, 2.45) is 0 Å². The first-order valence-corrected chi connectivity index (χ1v) is 5.31. The molecule has 0 radical (unpaired) electrons. The Balaban J connectivity index is 2.35. The maximum Gasteiger partial charge on any atom is 0.164 e. The van der Waals surface area contributed by atoms with Crippen LogP contribution in [0.4, 0.5) is 0 Å². The molecule has 82 valence electrons. The molecule has 3 heteroatoms. The lowest BCUT2D eigenvalue weighted by molar-refractivity contribution is 0.296. The molecule has 3 nitrogen and oxygen atoms in total. The van der Waals surface area contributed by atoms with Crippen LogP contribution >= 0.6 is 0 Å². The van der Waals surface area contributed by atoms with E-state index in [1.165, 1.54) is 0 Å². The minimum atomic E-state index is 0.166. The first-order chi connectivity index (χ1) is 7.31. The van der Waals surface area contributed by atoms with Crippen molar-refractivity contribution < 1.29 is 14.6 Å². The van der Waals surface area contributed by atoms with Crippen LogP contribution < -0.4 is 9.47 Å². The Morgan fingerprint density at radius 2 is 2.07 bits per heavy atom. The predicted octanol–water partition coefficient (Wildman–Crippen LogP) is 1.69. The SMILES string of the molecule is Cc1cc(CCO)cc2c1OCCCO2. The van der Waals surface area contributed by atoms with Crippen LogP contribution in [0.5, 0.6) is 11.5 Å². The number of hydrogen-bond donors (Lipinski definition) is 1. The molecule has 0 fully saturated rings. The molecule has 1 aliphatic rings. The summed E-state index contributed by atoms with van der Waals surface area (Å²) >= 11 is 0. The second-order valence-corrected chi connectivity index (χ2v) is 3.76. The average molecular weight is 208 g/mol. The first-order valence-electron chi connectivity index (χ1n) is 5.31. The van der Waals surface area contributed by atoms with Gasteiger partial charge in [-0.1, -0.05) is 6.07 Å². The molecule has 1 N–H and O–H groups in total. The van der Waals surface area contributed by atoms with Gasteiger partial charge in [0.1, 0.15) is 0 Å². The second kappa shape index (κ2) is 4.53. The molecular formula is C12H16O3. The van der Waals surface area contributed by atoms with Gasteiger partial charge in [-0.25, -0.2) is 0 Å². The van der Waals surface area contributed by atoms with E-state index in [0.717, 1.165) is 29.0 Å². The molecule has 1 aromatic rings. The summed E-state index contributed by atoms with van der Waals surface area (Å²) in [5.74, 6) is 1.67. The fraction of sp³-hybridized carbons (Fsp3) is 0.500. The normalized spacial score (nSPS) is 14.8. The number of ether oxygens (including phenoxy) is 2.